The maximum absolute atomic E-state index is 12.7. The van der Waals surface area contributed by atoms with Crippen LogP contribution >= 0.6 is 0 Å². The van der Waals surface area contributed by atoms with E-state index in [9.17, 15) is 19.5 Å². The van der Waals surface area contributed by atoms with Gasteiger partial charge in [0.1, 0.15) is 11.7 Å². The van der Waals surface area contributed by atoms with Crippen LogP contribution in [0.25, 0.3) is 6.08 Å². The van der Waals surface area contributed by atoms with Crippen molar-refractivity contribution in [3.8, 4) is 0 Å². The van der Waals surface area contributed by atoms with E-state index in [0.717, 1.165) is 5.56 Å². The highest BCUT2D eigenvalue weighted by molar-refractivity contribution is 6.06. The lowest BCUT2D eigenvalue weighted by Gasteiger charge is -2.19. The molecular formula is C22H24N2O4. The van der Waals surface area contributed by atoms with E-state index < -0.39 is 23.8 Å². The first-order valence-corrected chi connectivity index (χ1v) is 8.96. The number of aliphatic carboxylic acids is 1. The smallest absolute Gasteiger partial charge is 0.326 e. The van der Waals surface area contributed by atoms with Crippen LogP contribution in [0, 0.1) is 12.8 Å². The average Bonchev–Trinajstić information content (AvgIpc) is 2.66. The second kappa shape index (κ2) is 9.50. The molecule has 2 rings (SSSR count). The van der Waals surface area contributed by atoms with Gasteiger partial charge in [0.2, 0.25) is 0 Å². The number of nitrogens with one attached hydrogen (secondary N) is 2. The molecule has 0 heterocycles. The molecule has 146 valence electrons. The van der Waals surface area contributed by atoms with Crippen molar-refractivity contribution >= 4 is 23.9 Å². The van der Waals surface area contributed by atoms with Crippen molar-refractivity contribution in [1.29, 1.82) is 0 Å². The maximum atomic E-state index is 12.7. The summed E-state index contributed by atoms with van der Waals surface area (Å²) in [6.07, 6.45) is 1.51. The fourth-order valence-electron chi connectivity index (χ4n) is 2.51. The largest absolute Gasteiger partial charge is 0.480 e. The van der Waals surface area contributed by atoms with Crippen LogP contribution in [0.4, 0.5) is 0 Å². The minimum Gasteiger partial charge on any atom is -0.480 e. The van der Waals surface area contributed by atoms with Gasteiger partial charge in [0.05, 0.1) is 0 Å². The first-order chi connectivity index (χ1) is 13.3. The van der Waals surface area contributed by atoms with E-state index in [0.29, 0.717) is 11.1 Å². The number of rotatable bonds is 7. The molecule has 28 heavy (non-hydrogen) atoms. The monoisotopic (exact) mass is 380 g/mol. The number of aryl methyl sites for hydroxylation is 1. The zero-order valence-corrected chi connectivity index (χ0v) is 16.1. The minimum absolute atomic E-state index is 0.0244. The Bertz CT molecular complexity index is 871. The number of benzene rings is 2. The van der Waals surface area contributed by atoms with Gasteiger partial charge in [-0.3, -0.25) is 9.59 Å². The fraction of sp³-hybridized carbons (Fsp3) is 0.227. The summed E-state index contributed by atoms with van der Waals surface area (Å²) in [5.74, 6) is -2.56. The molecule has 2 aromatic rings. The van der Waals surface area contributed by atoms with Crippen LogP contribution < -0.4 is 10.6 Å². The van der Waals surface area contributed by atoms with E-state index in [4.69, 9.17) is 0 Å². The Labute approximate surface area is 164 Å². The second-order valence-corrected chi connectivity index (χ2v) is 6.82. The normalized spacial score (nSPS) is 12.4. The molecule has 6 heteroatoms. The lowest BCUT2D eigenvalue weighted by Crippen LogP contribution is -2.47. The Kier molecular flexibility index (Phi) is 7.09. The van der Waals surface area contributed by atoms with E-state index in [2.05, 4.69) is 10.6 Å². The van der Waals surface area contributed by atoms with Crippen LogP contribution in [0.1, 0.15) is 35.3 Å². The number of hydrogen-bond donors (Lipinski definition) is 3. The fourth-order valence-corrected chi connectivity index (χ4v) is 2.51. The number of amides is 2. The highest BCUT2D eigenvalue weighted by atomic mass is 16.4. The first kappa shape index (κ1) is 20.9. The Morgan fingerprint density at radius 3 is 2.11 bits per heavy atom. The van der Waals surface area contributed by atoms with Crippen LogP contribution in [0.5, 0.6) is 0 Å². The molecule has 0 saturated heterocycles. The molecule has 0 aromatic heterocycles. The zero-order valence-electron chi connectivity index (χ0n) is 16.1. The molecule has 0 saturated carbocycles. The summed E-state index contributed by atoms with van der Waals surface area (Å²) >= 11 is 0. The molecule has 0 aliphatic rings. The van der Waals surface area contributed by atoms with E-state index >= 15 is 0 Å². The highest BCUT2D eigenvalue weighted by Crippen LogP contribution is 2.10. The van der Waals surface area contributed by atoms with Crippen molar-refractivity contribution in [3.05, 3.63) is 77.0 Å². The number of carbonyl (C=O) groups is 3. The summed E-state index contributed by atoms with van der Waals surface area (Å²) in [6, 6.07) is 14.9. The predicted molar refractivity (Wildman–Crippen MR) is 107 cm³/mol. The molecule has 0 aliphatic carbocycles. The van der Waals surface area contributed by atoms with Gasteiger partial charge in [-0.05, 0) is 36.6 Å². The van der Waals surface area contributed by atoms with Crippen LogP contribution in [-0.2, 0) is 9.59 Å². The molecule has 2 aromatic carbocycles. The number of carbonyl (C=O) groups excluding carboxylic acids is 2. The Morgan fingerprint density at radius 2 is 1.57 bits per heavy atom. The van der Waals surface area contributed by atoms with Gasteiger partial charge >= 0.3 is 5.97 Å². The second-order valence-electron chi connectivity index (χ2n) is 6.82. The molecule has 6 nitrogen and oxygen atoms in total. The highest BCUT2D eigenvalue weighted by Gasteiger charge is 2.25. The maximum Gasteiger partial charge on any atom is 0.326 e. The number of carboxylic acids is 1. The predicted octanol–water partition coefficient (Wildman–Crippen LogP) is 2.99. The summed E-state index contributed by atoms with van der Waals surface area (Å²) in [5.41, 5.74) is 2.09. The molecule has 1 atom stereocenters. The van der Waals surface area contributed by atoms with E-state index in [1.165, 1.54) is 6.08 Å². The SMILES string of the molecule is Cc1ccc(C(=O)N/C(=C/c2ccccc2)C(=O)NC(C(=O)O)C(C)C)cc1. The third-order valence-electron chi connectivity index (χ3n) is 4.14. The molecular weight excluding hydrogens is 356 g/mol. The van der Waals surface area contributed by atoms with Gasteiger partial charge in [0.25, 0.3) is 11.8 Å². The van der Waals surface area contributed by atoms with Gasteiger partial charge in [-0.1, -0.05) is 61.9 Å². The van der Waals surface area contributed by atoms with Crippen LogP contribution in [0.3, 0.4) is 0 Å². The number of carboxylic acid groups (broad SMARTS) is 1. The van der Waals surface area contributed by atoms with Crippen molar-refractivity contribution in [1.82, 2.24) is 10.6 Å². The summed E-state index contributed by atoms with van der Waals surface area (Å²) in [4.78, 5) is 36.7. The van der Waals surface area contributed by atoms with Crippen molar-refractivity contribution in [2.75, 3.05) is 0 Å². The lowest BCUT2D eigenvalue weighted by molar-refractivity contribution is -0.142. The third kappa shape index (κ3) is 5.81. The zero-order chi connectivity index (χ0) is 20.7. The molecule has 0 bridgehead atoms. The Balaban J connectivity index is 2.30. The molecule has 0 spiro atoms. The average molecular weight is 380 g/mol. The molecule has 0 fully saturated rings. The van der Waals surface area contributed by atoms with Crippen molar-refractivity contribution in [2.24, 2.45) is 5.92 Å². The van der Waals surface area contributed by atoms with Crippen LogP contribution in [-0.4, -0.2) is 28.9 Å². The summed E-state index contributed by atoms with van der Waals surface area (Å²) in [5, 5.41) is 14.4. The lowest BCUT2D eigenvalue weighted by atomic mass is 10.0. The van der Waals surface area contributed by atoms with Crippen molar-refractivity contribution in [3.63, 3.8) is 0 Å². The van der Waals surface area contributed by atoms with Gasteiger partial charge in [0, 0.05) is 5.56 Å². The number of hydrogen-bond acceptors (Lipinski definition) is 3. The Morgan fingerprint density at radius 1 is 0.964 bits per heavy atom. The van der Waals surface area contributed by atoms with Gasteiger partial charge in [-0.15, -0.1) is 0 Å². The molecule has 1 unspecified atom stereocenters. The van der Waals surface area contributed by atoms with Crippen LogP contribution in [0.15, 0.2) is 60.3 Å². The molecule has 3 N–H and O–H groups in total. The van der Waals surface area contributed by atoms with Gasteiger partial charge in [0.15, 0.2) is 0 Å². The first-order valence-electron chi connectivity index (χ1n) is 8.96. The molecule has 0 radical (unpaired) electrons. The van der Waals surface area contributed by atoms with Crippen molar-refractivity contribution < 1.29 is 19.5 Å². The van der Waals surface area contributed by atoms with E-state index in [1.807, 2.05) is 13.0 Å². The molecule has 0 aliphatic heterocycles. The summed E-state index contributed by atoms with van der Waals surface area (Å²) < 4.78 is 0. The van der Waals surface area contributed by atoms with Gasteiger partial charge < -0.3 is 15.7 Å². The van der Waals surface area contributed by atoms with Crippen molar-refractivity contribution in [2.45, 2.75) is 26.8 Å². The topological polar surface area (TPSA) is 95.5 Å². The van der Waals surface area contributed by atoms with E-state index in [-0.39, 0.29) is 11.6 Å². The standard InChI is InChI=1S/C22H24N2O4/c1-14(2)19(22(27)28)24-21(26)18(13-16-7-5-4-6-8-16)23-20(25)17-11-9-15(3)10-12-17/h4-14,19H,1-3H3,(H,23,25)(H,24,26)(H,27,28)/b18-13+. The van der Waals surface area contributed by atoms with Crippen LogP contribution in [0.2, 0.25) is 0 Å². The van der Waals surface area contributed by atoms with E-state index in [1.54, 1.807) is 62.4 Å². The van der Waals surface area contributed by atoms with Gasteiger partial charge in [-0.2, -0.15) is 0 Å². The third-order valence-corrected chi connectivity index (χ3v) is 4.14. The Hall–Kier alpha value is -3.41. The van der Waals surface area contributed by atoms with Gasteiger partial charge in [-0.25, -0.2) is 4.79 Å². The molecule has 2 amide bonds. The minimum atomic E-state index is -1.13. The quantitative estimate of drug-likeness (QED) is 0.644. The summed E-state index contributed by atoms with van der Waals surface area (Å²) in [7, 11) is 0. The summed E-state index contributed by atoms with van der Waals surface area (Å²) in [6.45, 7) is 5.31.